The maximum absolute atomic E-state index is 11.7. The number of alkyl carbamates (subject to hydrolysis) is 1. The molecule has 1 rings (SSSR count). The number of nitrogens with one attached hydrogen (secondary N) is 1. The number of ether oxygens (including phenoxy) is 1. The first-order chi connectivity index (χ1) is 8.98. The Morgan fingerprint density at radius 2 is 1.95 bits per heavy atom. The zero-order valence-electron chi connectivity index (χ0n) is 11.9. The summed E-state index contributed by atoms with van der Waals surface area (Å²) in [5.41, 5.74) is -0.660. The molecule has 20 heavy (non-hydrogen) atoms. The number of sulfone groups is 1. The molecule has 2 atom stereocenters. The summed E-state index contributed by atoms with van der Waals surface area (Å²) in [6.07, 6.45) is -0.739. The molecule has 1 saturated heterocycles. The fraction of sp³-hybridized carbons (Fsp3) is 0.833. The van der Waals surface area contributed by atoms with Gasteiger partial charge in [-0.2, -0.15) is 0 Å². The van der Waals surface area contributed by atoms with Crippen molar-refractivity contribution in [2.24, 2.45) is 5.92 Å². The van der Waals surface area contributed by atoms with E-state index in [-0.39, 0.29) is 24.3 Å². The quantitative estimate of drug-likeness (QED) is 0.797. The van der Waals surface area contributed by atoms with Crippen molar-refractivity contribution in [3.8, 4) is 0 Å². The predicted molar refractivity (Wildman–Crippen MR) is 72.2 cm³/mol. The van der Waals surface area contributed by atoms with Crippen LogP contribution in [-0.2, 0) is 19.4 Å². The average Bonchev–Trinajstić information content (AvgIpc) is 2.18. The van der Waals surface area contributed by atoms with Gasteiger partial charge < -0.3 is 15.2 Å². The van der Waals surface area contributed by atoms with Gasteiger partial charge in [-0.25, -0.2) is 13.2 Å². The molecule has 0 unspecified atom stereocenters. The lowest BCUT2D eigenvalue weighted by Gasteiger charge is -2.31. The molecule has 7 nitrogen and oxygen atoms in total. The third kappa shape index (κ3) is 5.77. The zero-order valence-corrected chi connectivity index (χ0v) is 12.7. The van der Waals surface area contributed by atoms with Crippen molar-refractivity contribution in [3.63, 3.8) is 0 Å². The van der Waals surface area contributed by atoms with Crippen LogP contribution in [0, 0.1) is 5.92 Å². The molecule has 1 amide bonds. The third-order valence-electron chi connectivity index (χ3n) is 2.92. The molecule has 0 bridgehead atoms. The van der Waals surface area contributed by atoms with E-state index in [4.69, 9.17) is 9.84 Å². The number of carboxylic acid groups (broad SMARTS) is 1. The van der Waals surface area contributed by atoms with Crippen LogP contribution in [-0.4, -0.2) is 48.7 Å². The van der Waals surface area contributed by atoms with Crippen molar-refractivity contribution in [1.29, 1.82) is 0 Å². The van der Waals surface area contributed by atoms with E-state index in [0.29, 0.717) is 0 Å². The number of hydrogen-bond donors (Lipinski definition) is 2. The highest BCUT2D eigenvalue weighted by Gasteiger charge is 2.36. The third-order valence-corrected chi connectivity index (χ3v) is 4.71. The van der Waals surface area contributed by atoms with Crippen molar-refractivity contribution in [2.45, 2.75) is 45.3 Å². The van der Waals surface area contributed by atoms with Crippen LogP contribution < -0.4 is 5.32 Å². The smallest absolute Gasteiger partial charge is 0.407 e. The van der Waals surface area contributed by atoms with Crippen LogP contribution in [0.5, 0.6) is 0 Å². The molecule has 116 valence electrons. The van der Waals surface area contributed by atoms with Crippen LogP contribution in [0.3, 0.4) is 0 Å². The Balaban J connectivity index is 2.71. The number of carbonyl (C=O) groups excluding carboxylic acids is 1. The van der Waals surface area contributed by atoms with Crippen molar-refractivity contribution in [1.82, 2.24) is 5.32 Å². The summed E-state index contributed by atoms with van der Waals surface area (Å²) in [6, 6.07) is -0.496. The van der Waals surface area contributed by atoms with E-state index < -0.39 is 39.5 Å². The second-order valence-electron chi connectivity index (χ2n) is 6.01. The van der Waals surface area contributed by atoms with E-state index in [1.807, 2.05) is 0 Å². The van der Waals surface area contributed by atoms with Crippen LogP contribution in [0.2, 0.25) is 0 Å². The summed E-state index contributed by atoms with van der Waals surface area (Å²) in [6.45, 7) is 5.14. The molecule has 2 N–H and O–H groups in total. The van der Waals surface area contributed by atoms with E-state index >= 15 is 0 Å². The first kappa shape index (κ1) is 16.7. The summed E-state index contributed by atoms with van der Waals surface area (Å²) in [5.74, 6) is -1.98. The van der Waals surface area contributed by atoms with E-state index in [1.165, 1.54) is 0 Å². The molecule has 1 fully saturated rings. The molecule has 0 radical (unpaired) electrons. The van der Waals surface area contributed by atoms with Crippen molar-refractivity contribution in [2.75, 3.05) is 11.5 Å². The zero-order chi connectivity index (χ0) is 15.6. The van der Waals surface area contributed by atoms with Crippen LogP contribution in [0.4, 0.5) is 4.79 Å². The topological polar surface area (TPSA) is 110 Å². The molecule has 0 aromatic carbocycles. The van der Waals surface area contributed by atoms with Gasteiger partial charge in [0.1, 0.15) is 5.60 Å². The van der Waals surface area contributed by atoms with E-state index in [1.54, 1.807) is 20.8 Å². The number of amides is 1. The highest BCUT2D eigenvalue weighted by atomic mass is 32.2. The summed E-state index contributed by atoms with van der Waals surface area (Å²) in [4.78, 5) is 22.5. The Kier molecular flexibility index (Phi) is 5.01. The molecule has 1 heterocycles. The van der Waals surface area contributed by atoms with Gasteiger partial charge in [0, 0.05) is 12.0 Å². The minimum atomic E-state index is -3.24. The van der Waals surface area contributed by atoms with Gasteiger partial charge >= 0.3 is 12.1 Å². The molecule has 1 aliphatic rings. The fourth-order valence-electron chi connectivity index (χ4n) is 2.14. The van der Waals surface area contributed by atoms with Gasteiger partial charge in [0.2, 0.25) is 0 Å². The molecule has 0 aromatic rings. The number of carbonyl (C=O) groups is 2. The summed E-state index contributed by atoms with van der Waals surface area (Å²) in [5, 5.41) is 11.4. The molecular weight excluding hydrogens is 286 g/mol. The lowest BCUT2D eigenvalue weighted by molar-refractivity contribution is -0.138. The van der Waals surface area contributed by atoms with Gasteiger partial charge in [0.25, 0.3) is 0 Å². The van der Waals surface area contributed by atoms with Crippen LogP contribution in [0.25, 0.3) is 0 Å². The predicted octanol–water partition coefficient (Wildman–Crippen LogP) is 0.789. The van der Waals surface area contributed by atoms with Crippen molar-refractivity contribution >= 4 is 21.9 Å². The lowest BCUT2D eigenvalue weighted by Crippen LogP contribution is -2.49. The Hall–Kier alpha value is -1.31. The van der Waals surface area contributed by atoms with Crippen LogP contribution in [0.1, 0.15) is 33.6 Å². The van der Waals surface area contributed by atoms with Gasteiger partial charge in [-0.3, -0.25) is 4.79 Å². The Bertz CT molecular complexity index is 479. The molecular formula is C12H21NO6S. The van der Waals surface area contributed by atoms with E-state index in [0.717, 1.165) is 0 Å². The van der Waals surface area contributed by atoms with E-state index in [9.17, 15) is 18.0 Å². The second-order valence-corrected chi connectivity index (χ2v) is 8.24. The van der Waals surface area contributed by atoms with Gasteiger partial charge in [0.15, 0.2) is 9.84 Å². The summed E-state index contributed by atoms with van der Waals surface area (Å²) in [7, 11) is -3.24. The fourth-order valence-corrected chi connectivity index (χ4v) is 3.92. The van der Waals surface area contributed by atoms with E-state index in [2.05, 4.69) is 5.32 Å². The largest absolute Gasteiger partial charge is 0.481 e. The van der Waals surface area contributed by atoms with Crippen LogP contribution in [0.15, 0.2) is 0 Å². The van der Waals surface area contributed by atoms with Gasteiger partial charge in [0.05, 0.1) is 17.9 Å². The molecule has 1 aliphatic heterocycles. The molecule has 0 saturated carbocycles. The Morgan fingerprint density at radius 1 is 1.35 bits per heavy atom. The van der Waals surface area contributed by atoms with Gasteiger partial charge in [-0.15, -0.1) is 0 Å². The number of hydrogen-bond acceptors (Lipinski definition) is 5. The monoisotopic (exact) mass is 307 g/mol. The minimum absolute atomic E-state index is 0.0520. The molecule has 8 heteroatoms. The molecule has 0 aromatic heterocycles. The molecule has 0 aliphatic carbocycles. The Morgan fingerprint density at radius 3 is 2.45 bits per heavy atom. The molecule has 0 spiro atoms. The summed E-state index contributed by atoms with van der Waals surface area (Å²) < 4.78 is 28.2. The standard InChI is InChI=1S/C12H21NO6S/c1-12(2,3)19-11(16)13-9-4-5-20(17,18)7-8(9)6-10(14)15/h8-9H,4-7H2,1-3H3,(H,13,16)(H,14,15)/t8-,9-/m1/s1. The van der Waals surface area contributed by atoms with Gasteiger partial charge in [-0.05, 0) is 27.2 Å². The SMILES string of the molecule is CC(C)(C)OC(=O)N[C@@H]1CCS(=O)(=O)C[C@H]1CC(=O)O. The van der Waals surface area contributed by atoms with Crippen LogP contribution >= 0.6 is 0 Å². The van der Waals surface area contributed by atoms with Gasteiger partial charge in [-0.1, -0.05) is 0 Å². The highest BCUT2D eigenvalue weighted by Crippen LogP contribution is 2.22. The lowest BCUT2D eigenvalue weighted by atomic mass is 9.95. The number of carboxylic acids is 1. The summed E-state index contributed by atoms with van der Waals surface area (Å²) >= 11 is 0. The highest BCUT2D eigenvalue weighted by molar-refractivity contribution is 7.91. The minimum Gasteiger partial charge on any atom is -0.481 e. The first-order valence-corrected chi connectivity index (χ1v) is 8.22. The normalized spacial score (nSPS) is 25.8. The number of rotatable bonds is 3. The van der Waals surface area contributed by atoms with Crippen molar-refractivity contribution in [3.05, 3.63) is 0 Å². The maximum atomic E-state index is 11.7. The van der Waals surface area contributed by atoms with Crippen molar-refractivity contribution < 1.29 is 27.9 Å². The average molecular weight is 307 g/mol. The second kappa shape index (κ2) is 5.99. The Labute approximate surface area is 118 Å². The maximum Gasteiger partial charge on any atom is 0.407 e. The first-order valence-electron chi connectivity index (χ1n) is 6.40. The number of aliphatic carboxylic acids is 1.